The van der Waals surface area contributed by atoms with Crippen molar-refractivity contribution in [2.45, 2.75) is 26.2 Å². The van der Waals surface area contributed by atoms with E-state index in [1.54, 1.807) is 0 Å². The fourth-order valence-corrected chi connectivity index (χ4v) is 1.83. The van der Waals surface area contributed by atoms with Crippen LogP contribution in [0.2, 0.25) is 0 Å². The van der Waals surface area contributed by atoms with Gasteiger partial charge in [-0.3, -0.25) is 19.3 Å². The molecule has 0 radical (unpaired) electrons. The fourth-order valence-electron chi connectivity index (χ4n) is 1.83. The zero-order chi connectivity index (χ0) is 14.5. The number of β-lactam (4-membered cyclic amide) rings is 1. The number of hydrogen-bond donors (Lipinski definition) is 0. The van der Waals surface area contributed by atoms with Gasteiger partial charge in [0.05, 0.1) is 6.42 Å². The Bertz CT molecular complexity index is 514. The Labute approximate surface area is 116 Å². The highest BCUT2D eigenvalue weighted by Gasteiger charge is 2.39. The molecule has 1 amide bonds. The van der Waals surface area contributed by atoms with Crippen LogP contribution in [-0.4, -0.2) is 35.5 Å². The molecule has 6 nitrogen and oxygen atoms in total. The summed E-state index contributed by atoms with van der Waals surface area (Å²) in [5, 5.41) is 0. The SMILES string of the molecule is CC(=O)O[C@@H]1CC(=O)N1[14CH2]C(=O)OCc1ccccc1. The third kappa shape index (κ3) is 3.57. The molecule has 0 N–H and O–H groups in total. The summed E-state index contributed by atoms with van der Waals surface area (Å²) in [5.41, 5.74) is 0.868. The van der Waals surface area contributed by atoms with Crippen LogP contribution in [-0.2, 0) is 30.5 Å². The molecule has 0 aromatic heterocycles. The monoisotopic (exact) mass is 279 g/mol. The van der Waals surface area contributed by atoms with E-state index in [0.717, 1.165) is 5.56 Å². The first-order valence-corrected chi connectivity index (χ1v) is 6.22. The summed E-state index contributed by atoms with van der Waals surface area (Å²) in [6.45, 7) is 1.21. The topological polar surface area (TPSA) is 72.9 Å². The van der Waals surface area contributed by atoms with E-state index in [4.69, 9.17) is 9.47 Å². The lowest BCUT2D eigenvalue weighted by Crippen LogP contribution is -2.56. The molecule has 0 unspecified atom stereocenters. The van der Waals surface area contributed by atoms with Gasteiger partial charge in [0, 0.05) is 6.92 Å². The predicted molar refractivity (Wildman–Crippen MR) is 68.1 cm³/mol. The van der Waals surface area contributed by atoms with Gasteiger partial charge < -0.3 is 9.47 Å². The van der Waals surface area contributed by atoms with E-state index in [1.807, 2.05) is 30.3 Å². The van der Waals surface area contributed by atoms with Crippen LogP contribution in [0.3, 0.4) is 0 Å². The summed E-state index contributed by atoms with van der Waals surface area (Å²) in [7, 11) is 0. The van der Waals surface area contributed by atoms with E-state index >= 15 is 0 Å². The number of carbonyl (C=O) groups excluding carboxylic acids is 3. The third-order valence-corrected chi connectivity index (χ3v) is 2.86. The van der Waals surface area contributed by atoms with Gasteiger partial charge in [-0.25, -0.2) is 0 Å². The number of rotatable bonds is 5. The van der Waals surface area contributed by atoms with Gasteiger partial charge >= 0.3 is 11.9 Å². The zero-order valence-corrected chi connectivity index (χ0v) is 11.1. The molecule has 1 fully saturated rings. The standard InChI is InChI=1S/C14H15NO5/c1-10(16)20-13-7-12(17)15(13)8-14(18)19-9-11-5-3-2-4-6-11/h2-6,13H,7-9H2,1H3/t13-/m1/s1/i8+2. The van der Waals surface area contributed by atoms with Gasteiger partial charge in [-0.1, -0.05) is 30.3 Å². The van der Waals surface area contributed by atoms with Gasteiger partial charge in [0.1, 0.15) is 13.2 Å². The number of ether oxygens (including phenoxy) is 2. The highest BCUT2D eigenvalue weighted by atomic mass is 16.6. The van der Waals surface area contributed by atoms with E-state index in [-0.39, 0.29) is 25.5 Å². The number of benzene rings is 1. The van der Waals surface area contributed by atoms with Crippen molar-refractivity contribution in [1.82, 2.24) is 4.90 Å². The van der Waals surface area contributed by atoms with E-state index in [9.17, 15) is 14.4 Å². The van der Waals surface area contributed by atoms with Crippen LogP contribution in [0.1, 0.15) is 18.9 Å². The van der Waals surface area contributed by atoms with Gasteiger partial charge in [0.15, 0.2) is 6.23 Å². The van der Waals surface area contributed by atoms with Crippen LogP contribution in [0.25, 0.3) is 0 Å². The second-order valence-corrected chi connectivity index (χ2v) is 4.44. The average Bonchev–Trinajstić information content (AvgIpc) is 2.43. The molecule has 0 bridgehead atoms. The maximum absolute atomic E-state index is 11.6. The van der Waals surface area contributed by atoms with Crippen LogP contribution in [0, 0.1) is 0 Å². The number of nitrogens with zero attached hydrogens (tertiary/aromatic N) is 1. The van der Waals surface area contributed by atoms with E-state index in [0.29, 0.717) is 0 Å². The van der Waals surface area contributed by atoms with Gasteiger partial charge in [0.25, 0.3) is 0 Å². The molecular formula is C14H15NO5. The molecule has 2 rings (SSSR count). The lowest BCUT2D eigenvalue weighted by atomic mass is 10.2. The average molecular weight is 279 g/mol. The Kier molecular flexibility index (Phi) is 4.34. The first-order valence-electron chi connectivity index (χ1n) is 6.22. The third-order valence-electron chi connectivity index (χ3n) is 2.86. The smallest absolute Gasteiger partial charge is 0.326 e. The Hall–Kier alpha value is -2.37. The molecule has 20 heavy (non-hydrogen) atoms. The minimum Gasteiger partial charge on any atom is -0.459 e. The molecule has 1 aliphatic heterocycles. The second kappa shape index (κ2) is 6.18. The summed E-state index contributed by atoms with van der Waals surface area (Å²) >= 11 is 0. The highest BCUT2D eigenvalue weighted by Crippen LogP contribution is 2.20. The molecule has 1 saturated heterocycles. The van der Waals surface area contributed by atoms with Crippen LogP contribution in [0.5, 0.6) is 0 Å². The van der Waals surface area contributed by atoms with Gasteiger partial charge in [-0.05, 0) is 5.56 Å². The van der Waals surface area contributed by atoms with Crippen molar-refractivity contribution in [2.24, 2.45) is 0 Å². The van der Waals surface area contributed by atoms with Crippen molar-refractivity contribution in [3.8, 4) is 0 Å². The molecule has 1 aliphatic rings. The summed E-state index contributed by atoms with van der Waals surface area (Å²) < 4.78 is 9.95. The largest absolute Gasteiger partial charge is 0.459 e. The van der Waals surface area contributed by atoms with Crippen molar-refractivity contribution in [3.63, 3.8) is 0 Å². The molecule has 0 aliphatic carbocycles. The van der Waals surface area contributed by atoms with Gasteiger partial charge in [0.2, 0.25) is 5.91 Å². The quantitative estimate of drug-likeness (QED) is 0.590. The van der Waals surface area contributed by atoms with E-state index < -0.39 is 18.2 Å². The van der Waals surface area contributed by atoms with Gasteiger partial charge in [-0.15, -0.1) is 0 Å². The van der Waals surface area contributed by atoms with Crippen LogP contribution >= 0.6 is 0 Å². The molecule has 1 heterocycles. The number of amides is 1. The molecule has 1 aromatic carbocycles. The Morgan fingerprint density at radius 3 is 2.65 bits per heavy atom. The highest BCUT2D eigenvalue weighted by molar-refractivity contribution is 5.87. The molecule has 0 spiro atoms. The number of likely N-dealkylation sites (tertiary alicyclic amines) is 1. The Morgan fingerprint density at radius 1 is 1.35 bits per heavy atom. The molecular weight excluding hydrogens is 264 g/mol. The summed E-state index contributed by atoms with van der Waals surface area (Å²) in [4.78, 5) is 35.0. The van der Waals surface area contributed by atoms with Gasteiger partial charge in [-0.2, -0.15) is 0 Å². The fraction of sp³-hybridized carbons (Fsp3) is 0.357. The summed E-state index contributed by atoms with van der Waals surface area (Å²) in [6, 6.07) is 9.24. The van der Waals surface area contributed by atoms with Crippen molar-refractivity contribution >= 4 is 17.8 Å². The minimum atomic E-state index is -0.649. The summed E-state index contributed by atoms with van der Waals surface area (Å²) in [6.07, 6.45) is -0.532. The van der Waals surface area contributed by atoms with Crippen LogP contribution < -0.4 is 0 Å². The lowest BCUT2D eigenvalue weighted by Gasteiger charge is -2.38. The molecule has 1 atom stereocenters. The van der Waals surface area contributed by atoms with E-state index in [1.165, 1.54) is 11.8 Å². The number of esters is 2. The first-order chi connectivity index (χ1) is 9.56. The molecule has 0 saturated carbocycles. The zero-order valence-electron chi connectivity index (χ0n) is 11.1. The normalized spacial score (nSPS) is 17.4. The number of hydrogen-bond acceptors (Lipinski definition) is 5. The van der Waals surface area contributed by atoms with Crippen molar-refractivity contribution in [2.75, 3.05) is 6.54 Å². The van der Waals surface area contributed by atoms with Crippen molar-refractivity contribution < 1.29 is 23.9 Å². The predicted octanol–water partition coefficient (Wildman–Crippen LogP) is 0.851. The lowest BCUT2D eigenvalue weighted by molar-refractivity contribution is -0.186. The van der Waals surface area contributed by atoms with Crippen molar-refractivity contribution in [1.29, 1.82) is 0 Å². The minimum absolute atomic E-state index is 0.117. The van der Waals surface area contributed by atoms with Crippen LogP contribution in [0.4, 0.5) is 0 Å². The maximum Gasteiger partial charge on any atom is 0.326 e. The van der Waals surface area contributed by atoms with Crippen LogP contribution in [0.15, 0.2) is 30.3 Å². The molecule has 6 heteroatoms. The Balaban J connectivity index is 1.79. The second-order valence-electron chi connectivity index (χ2n) is 4.44. The van der Waals surface area contributed by atoms with E-state index in [2.05, 4.69) is 0 Å². The Morgan fingerprint density at radius 2 is 2.05 bits per heavy atom. The molecule has 106 valence electrons. The molecule has 1 aromatic rings. The maximum atomic E-state index is 11.6. The number of carbonyl (C=O) groups is 3. The van der Waals surface area contributed by atoms with Crippen molar-refractivity contribution in [3.05, 3.63) is 35.9 Å². The summed E-state index contributed by atoms with van der Waals surface area (Å²) in [5.74, 6) is -1.24. The first kappa shape index (κ1) is 14.0.